The minimum atomic E-state index is -0.102. The first-order valence-corrected chi connectivity index (χ1v) is 4.57. The maximum atomic E-state index is 11.3. The van der Waals surface area contributed by atoms with E-state index in [4.69, 9.17) is 10.5 Å². The van der Waals surface area contributed by atoms with Crippen LogP contribution in [-0.2, 0) is 9.53 Å². The average Bonchev–Trinajstić information content (AvgIpc) is 2.63. The van der Waals surface area contributed by atoms with E-state index in [0.29, 0.717) is 11.8 Å². The molecule has 0 aliphatic heterocycles. The standard InChI is InChI=1S/C9H15NO2/c1-12-9(11)7-5-2-3-6(4-5)8(7)10/h5-8H,2-4,10H2,1H3/t5-,6-,7+,8-/m0/s1. The lowest BCUT2D eigenvalue weighted by molar-refractivity contribution is -0.147. The summed E-state index contributed by atoms with van der Waals surface area (Å²) in [7, 11) is 1.45. The van der Waals surface area contributed by atoms with Gasteiger partial charge in [0, 0.05) is 6.04 Å². The molecule has 0 unspecified atom stereocenters. The lowest BCUT2D eigenvalue weighted by Crippen LogP contribution is -2.40. The van der Waals surface area contributed by atoms with Gasteiger partial charge in [-0.1, -0.05) is 0 Å². The molecular formula is C9H15NO2. The highest BCUT2D eigenvalue weighted by Gasteiger charge is 2.49. The number of hydrogen-bond acceptors (Lipinski definition) is 3. The van der Waals surface area contributed by atoms with Crippen LogP contribution in [0, 0.1) is 17.8 Å². The van der Waals surface area contributed by atoms with Crippen LogP contribution in [0.2, 0.25) is 0 Å². The van der Waals surface area contributed by atoms with Gasteiger partial charge in [-0.25, -0.2) is 0 Å². The second-order valence-corrected chi connectivity index (χ2v) is 3.96. The van der Waals surface area contributed by atoms with Gasteiger partial charge < -0.3 is 10.5 Å². The molecule has 2 aliphatic carbocycles. The van der Waals surface area contributed by atoms with Crippen molar-refractivity contribution in [1.82, 2.24) is 0 Å². The van der Waals surface area contributed by atoms with Crippen LogP contribution in [0.25, 0.3) is 0 Å². The van der Waals surface area contributed by atoms with Crippen molar-refractivity contribution in [2.75, 3.05) is 7.11 Å². The fraction of sp³-hybridized carbons (Fsp3) is 0.889. The van der Waals surface area contributed by atoms with Crippen LogP contribution in [0.1, 0.15) is 19.3 Å². The Labute approximate surface area is 72.3 Å². The van der Waals surface area contributed by atoms with Gasteiger partial charge in [-0.3, -0.25) is 4.79 Å². The predicted molar refractivity (Wildman–Crippen MR) is 44.3 cm³/mol. The third-order valence-corrected chi connectivity index (χ3v) is 3.45. The molecule has 0 aromatic rings. The van der Waals surface area contributed by atoms with Crippen molar-refractivity contribution in [1.29, 1.82) is 0 Å². The molecule has 12 heavy (non-hydrogen) atoms. The number of methoxy groups -OCH3 is 1. The van der Waals surface area contributed by atoms with Crippen molar-refractivity contribution in [3.8, 4) is 0 Å². The summed E-state index contributed by atoms with van der Waals surface area (Å²) in [6, 6.07) is 0.0659. The predicted octanol–water partition coefficient (Wildman–Crippen LogP) is 0.533. The largest absolute Gasteiger partial charge is 0.469 e. The van der Waals surface area contributed by atoms with E-state index >= 15 is 0 Å². The summed E-state index contributed by atoms with van der Waals surface area (Å²) in [5, 5.41) is 0. The number of hydrogen-bond donors (Lipinski definition) is 1. The zero-order valence-electron chi connectivity index (χ0n) is 7.32. The first kappa shape index (κ1) is 8.05. The normalized spacial score (nSPS) is 44.8. The van der Waals surface area contributed by atoms with Gasteiger partial charge in [0.25, 0.3) is 0 Å². The van der Waals surface area contributed by atoms with Crippen molar-refractivity contribution in [2.45, 2.75) is 25.3 Å². The van der Waals surface area contributed by atoms with Crippen LogP contribution in [-0.4, -0.2) is 19.1 Å². The molecule has 2 rings (SSSR count). The summed E-state index contributed by atoms with van der Waals surface area (Å²) in [4.78, 5) is 11.3. The first-order valence-electron chi connectivity index (χ1n) is 4.57. The number of esters is 1. The van der Waals surface area contributed by atoms with E-state index in [-0.39, 0.29) is 17.9 Å². The number of nitrogens with two attached hydrogens (primary N) is 1. The Morgan fingerprint density at radius 2 is 2.08 bits per heavy atom. The average molecular weight is 169 g/mol. The molecule has 0 aromatic carbocycles. The van der Waals surface area contributed by atoms with Crippen LogP contribution in [0.3, 0.4) is 0 Å². The second kappa shape index (κ2) is 2.73. The van der Waals surface area contributed by atoms with E-state index in [9.17, 15) is 4.79 Å². The summed E-state index contributed by atoms with van der Waals surface area (Å²) in [6.45, 7) is 0. The second-order valence-electron chi connectivity index (χ2n) is 3.96. The van der Waals surface area contributed by atoms with Crippen LogP contribution >= 0.6 is 0 Å². The van der Waals surface area contributed by atoms with Gasteiger partial charge >= 0.3 is 5.97 Å². The molecular weight excluding hydrogens is 154 g/mol. The van der Waals surface area contributed by atoms with E-state index in [0.717, 1.165) is 12.8 Å². The van der Waals surface area contributed by atoms with Gasteiger partial charge in [-0.15, -0.1) is 0 Å². The Bertz CT molecular complexity index is 203. The molecule has 2 bridgehead atoms. The van der Waals surface area contributed by atoms with Gasteiger partial charge in [0.1, 0.15) is 0 Å². The molecule has 4 atom stereocenters. The molecule has 0 saturated heterocycles. The molecule has 0 heterocycles. The van der Waals surface area contributed by atoms with Gasteiger partial charge in [0.05, 0.1) is 13.0 Å². The third kappa shape index (κ3) is 0.959. The van der Waals surface area contributed by atoms with E-state index in [1.165, 1.54) is 13.5 Å². The molecule has 0 radical (unpaired) electrons. The van der Waals surface area contributed by atoms with Crippen LogP contribution < -0.4 is 5.73 Å². The highest BCUT2D eigenvalue weighted by atomic mass is 16.5. The zero-order valence-corrected chi connectivity index (χ0v) is 7.32. The summed E-state index contributed by atoms with van der Waals surface area (Å²) in [5.41, 5.74) is 5.94. The molecule has 68 valence electrons. The van der Waals surface area contributed by atoms with E-state index in [1.54, 1.807) is 0 Å². The summed E-state index contributed by atoms with van der Waals surface area (Å²) in [5.74, 6) is 0.986. The molecule has 2 fully saturated rings. The highest BCUT2D eigenvalue weighted by Crippen LogP contribution is 2.47. The lowest BCUT2D eigenvalue weighted by Gasteiger charge is -2.25. The topological polar surface area (TPSA) is 52.3 Å². The van der Waals surface area contributed by atoms with Crippen molar-refractivity contribution < 1.29 is 9.53 Å². The minimum absolute atomic E-state index is 0.00579. The van der Waals surface area contributed by atoms with Crippen LogP contribution in [0.5, 0.6) is 0 Å². The maximum absolute atomic E-state index is 11.3. The molecule has 0 aromatic heterocycles. The van der Waals surface area contributed by atoms with E-state index < -0.39 is 0 Å². The Balaban J connectivity index is 2.12. The van der Waals surface area contributed by atoms with Crippen LogP contribution in [0.4, 0.5) is 0 Å². The Hall–Kier alpha value is -0.570. The van der Waals surface area contributed by atoms with Crippen LogP contribution in [0.15, 0.2) is 0 Å². The highest BCUT2D eigenvalue weighted by molar-refractivity contribution is 5.74. The van der Waals surface area contributed by atoms with Crippen molar-refractivity contribution in [3.05, 3.63) is 0 Å². The molecule has 2 N–H and O–H groups in total. The number of carbonyl (C=O) groups excluding carboxylic acids is 1. The SMILES string of the molecule is COC(=O)[C@@H]1[C@H]2CC[C@@H](C2)[C@@H]1N. The summed E-state index contributed by atoms with van der Waals surface area (Å²) >= 11 is 0. The Kier molecular flexibility index (Phi) is 1.83. The number of rotatable bonds is 1. The summed E-state index contributed by atoms with van der Waals surface area (Å²) < 4.78 is 4.74. The fourth-order valence-corrected chi connectivity index (χ4v) is 2.82. The Morgan fingerprint density at radius 1 is 1.42 bits per heavy atom. The Morgan fingerprint density at radius 3 is 2.58 bits per heavy atom. The van der Waals surface area contributed by atoms with E-state index in [1.807, 2.05) is 0 Å². The zero-order chi connectivity index (χ0) is 8.72. The molecule has 2 saturated carbocycles. The van der Waals surface area contributed by atoms with Crippen molar-refractivity contribution in [3.63, 3.8) is 0 Å². The number of ether oxygens (including phenoxy) is 1. The monoisotopic (exact) mass is 169 g/mol. The molecule has 3 nitrogen and oxygen atoms in total. The van der Waals surface area contributed by atoms with Gasteiger partial charge in [0.2, 0.25) is 0 Å². The van der Waals surface area contributed by atoms with E-state index in [2.05, 4.69) is 0 Å². The van der Waals surface area contributed by atoms with Gasteiger partial charge in [-0.05, 0) is 31.1 Å². The smallest absolute Gasteiger partial charge is 0.310 e. The third-order valence-electron chi connectivity index (χ3n) is 3.45. The number of fused-ring (bicyclic) bond motifs is 2. The number of carbonyl (C=O) groups is 1. The molecule has 2 aliphatic rings. The van der Waals surface area contributed by atoms with Crippen molar-refractivity contribution in [2.24, 2.45) is 23.5 Å². The van der Waals surface area contributed by atoms with Crippen molar-refractivity contribution >= 4 is 5.97 Å². The maximum Gasteiger partial charge on any atom is 0.310 e. The summed E-state index contributed by atoms with van der Waals surface area (Å²) in [6.07, 6.45) is 3.51. The first-order chi connectivity index (χ1) is 5.74. The molecule has 0 amide bonds. The lowest BCUT2D eigenvalue weighted by atomic mass is 9.85. The quantitative estimate of drug-likeness (QED) is 0.583. The minimum Gasteiger partial charge on any atom is -0.469 e. The molecule has 0 spiro atoms. The van der Waals surface area contributed by atoms with Gasteiger partial charge in [-0.2, -0.15) is 0 Å². The van der Waals surface area contributed by atoms with Gasteiger partial charge in [0.15, 0.2) is 0 Å². The fourth-order valence-electron chi connectivity index (χ4n) is 2.82. The molecule has 3 heteroatoms.